The number of carbonyl (C=O) groups is 1. The van der Waals surface area contributed by atoms with Crippen molar-refractivity contribution in [1.82, 2.24) is 15.3 Å². The number of amides is 1. The Morgan fingerprint density at radius 1 is 1.29 bits per heavy atom. The number of methoxy groups -OCH3 is 1. The van der Waals surface area contributed by atoms with E-state index in [2.05, 4.69) is 49.0 Å². The maximum Gasteiger partial charge on any atom is 0.287 e. The fourth-order valence-corrected chi connectivity index (χ4v) is 3.32. The second-order valence-electron chi connectivity index (χ2n) is 6.56. The van der Waals surface area contributed by atoms with Crippen LogP contribution in [0.1, 0.15) is 55.6 Å². The molecule has 0 aliphatic heterocycles. The van der Waals surface area contributed by atoms with Crippen molar-refractivity contribution in [3.05, 3.63) is 35.4 Å². The molecule has 1 N–H and O–H groups in total. The van der Waals surface area contributed by atoms with Crippen molar-refractivity contribution in [3.8, 4) is 0 Å². The van der Waals surface area contributed by atoms with Crippen LogP contribution in [0.2, 0.25) is 0 Å². The number of hydrogen-bond acceptors (Lipinski definition) is 7. The van der Waals surface area contributed by atoms with Gasteiger partial charge in [-0.25, -0.2) is 9.97 Å². The van der Waals surface area contributed by atoms with Crippen molar-refractivity contribution < 1.29 is 13.9 Å². The van der Waals surface area contributed by atoms with Crippen LogP contribution in [0.5, 0.6) is 0 Å². The lowest BCUT2D eigenvalue weighted by Crippen LogP contribution is -2.26. The number of furan rings is 1. The maximum atomic E-state index is 12.0. The summed E-state index contributed by atoms with van der Waals surface area (Å²) >= 11 is 1.51. The summed E-state index contributed by atoms with van der Waals surface area (Å²) in [6.07, 6.45) is 0. The summed E-state index contributed by atoms with van der Waals surface area (Å²) in [5.74, 6) is 2.60. The summed E-state index contributed by atoms with van der Waals surface area (Å²) in [5, 5.41) is 3.46. The van der Waals surface area contributed by atoms with Gasteiger partial charge in [0.05, 0.1) is 12.4 Å². The highest BCUT2D eigenvalue weighted by atomic mass is 32.2. The molecule has 2 aromatic rings. The van der Waals surface area contributed by atoms with Gasteiger partial charge in [-0.05, 0) is 31.9 Å². The van der Waals surface area contributed by atoms with Crippen LogP contribution in [-0.4, -0.2) is 49.2 Å². The van der Waals surface area contributed by atoms with Crippen molar-refractivity contribution in [2.24, 2.45) is 0 Å². The van der Waals surface area contributed by atoms with Crippen LogP contribution < -0.4 is 10.2 Å². The number of aromatic nitrogens is 2. The van der Waals surface area contributed by atoms with Crippen molar-refractivity contribution in [2.45, 2.75) is 44.5 Å². The molecule has 2 rings (SSSR count). The van der Waals surface area contributed by atoms with Crippen LogP contribution in [-0.2, 0) is 10.5 Å². The number of ether oxygens (including phenoxy) is 1. The molecule has 2 aromatic heterocycles. The lowest BCUT2D eigenvalue weighted by atomic mass is 10.1. The van der Waals surface area contributed by atoms with Gasteiger partial charge >= 0.3 is 0 Å². The van der Waals surface area contributed by atoms with Gasteiger partial charge in [-0.3, -0.25) is 4.79 Å². The van der Waals surface area contributed by atoms with Crippen molar-refractivity contribution >= 4 is 23.5 Å². The van der Waals surface area contributed by atoms with Gasteiger partial charge in [0.15, 0.2) is 10.9 Å². The quantitative estimate of drug-likeness (QED) is 0.346. The van der Waals surface area contributed by atoms with E-state index in [1.165, 1.54) is 11.8 Å². The van der Waals surface area contributed by atoms with Gasteiger partial charge in [-0.1, -0.05) is 25.6 Å². The van der Waals surface area contributed by atoms with E-state index in [9.17, 15) is 4.79 Å². The van der Waals surface area contributed by atoms with Gasteiger partial charge in [-0.15, -0.1) is 0 Å². The summed E-state index contributed by atoms with van der Waals surface area (Å²) in [7, 11) is 1.59. The Kier molecular flexibility index (Phi) is 8.79. The molecule has 0 aliphatic carbocycles. The predicted molar refractivity (Wildman–Crippen MR) is 112 cm³/mol. The number of nitrogens with zero attached hydrogens (tertiary/aromatic N) is 3. The number of carbonyl (C=O) groups excluding carboxylic acids is 1. The molecule has 0 aromatic carbocycles. The largest absolute Gasteiger partial charge is 0.455 e. The van der Waals surface area contributed by atoms with Gasteiger partial charge < -0.3 is 19.4 Å². The molecule has 0 unspecified atom stereocenters. The second kappa shape index (κ2) is 11.1. The van der Waals surface area contributed by atoms with Crippen LogP contribution in [0.4, 0.5) is 5.82 Å². The summed E-state index contributed by atoms with van der Waals surface area (Å²) in [6.45, 7) is 11.2. The Labute approximate surface area is 171 Å². The van der Waals surface area contributed by atoms with Crippen LogP contribution in [0.25, 0.3) is 0 Å². The van der Waals surface area contributed by atoms with E-state index in [0.717, 1.165) is 29.8 Å². The molecular formula is C20H30N4O3S. The van der Waals surface area contributed by atoms with Crippen molar-refractivity contribution in [2.75, 3.05) is 38.3 Å². The first-order valence-corrected chi connectivity index (χ1v) is 10.6. The number of thioether (sulfide) groups is 1. The van der Waals surface area contributed by atoms with E-state index in [4.69, 9.17) is 14.1 Å². The third-order valence-corrected chi connectivity index (χ3v) is 5.08. The van der Waals surface area contributed by atoms with Crippen molar-refractivity contribution in [3.63, 3.8) is 0 Å². The third-order valence-electron chi connectivity index (χ3n) is 4.21. The summed E-state index contributed by atoms with van der Waals surface area (Å²) in [5.41, 5.74) is 1.03. The highest BCUT2D eigenvalue weighted by Gasteiger charge is 2.14. The molecule has 0 fully saturated rings. The fourth-order valence-electron chi connectivity index (χ4n) is 2.57. The Hall–Kier alpha value is -2.06. The average molecular weight is 407 g/mol. The highest BCUT2D eigenvalue weighted by Crippen LogP contribution is 2.26. The molecule has 0 atom stereocenters. The fraction of sp³-hybridized carbons (Fsp3) is 0.550. The molecule has 0 saturated heterocycles. The first-order chi connectivity index (χ1) is 13.5. The molecule has 1 amide bonds. The summed E-state index contributed by atoms with van der Waals surface area (Å²) in [4.78, 5) is 23.6. The number of rotatable bonds is 11. The Bertz CT molecular complexity index is 760. The number of hydrogen-bond donors (Lipinski definition) is 1. The zero-order chi connectivity index (χ0) is 20.5. The minimum absolute atomic E-state index is 0.241. The van der Waals surface area contributed by atoms with Crippen LogP contribution in [0.15, 0.2) is 27.8 Å². The lowest BCUT2D eigenvalue weighted by Gasteiger charge is -2.21. The van der Waals surface area contributed by atoms with Gasteiger partial charge in [0.1, 0.15) is 11.6 Å². The van der Waals surface area contributed by atoms with E-state index in [1.807, 2.05) is 6.07 Å². The Balaban J connectivity index is 2.06. The molecule has 7 nitrogen and oxygen atoms in total. The zero-order valence-electron chi connectivity index (χ0n) is 17.3. The second-order valence-corrected chi connectivity index (χ2v) is 7.51. The SMILES string of the molecule is CCN(CC)c1cc(C(C)C)nc(SCc2ccc(C(=O)NCCOC)o2)n1. The normalized spacial score (nSPS) is 11.1. The molecule has 0 bridgehead atoms. The lowest BCUT2D eigenvalue weighted by molar-refractivity contribution is 0.0908. The minimum atomic E-state index is -0.241. The topological polar surface area (TPSA) is 80.5 Å². The highest BCUT2D eigenvalue weighted by molar-refractivity contribution is 7.98. The number of anilines is 1. The molecule has 28 heavy (non-hydrogen) atoms. The minimum Gasteiger partial charge on any atom is -0.455 e. The molecule has 8 heteroatoms. The van der Waals surface area contributed by atoms with Crippen LogP contribution in [0, 0.1) is 0 Å². The molecular weight excluding hydrogens is 376 g/mol. The van der Waals surface area contributed by atoms with E-state index in [-0.39, 0.29) is 5.91 Å². The van der Waals surface area contributed by atoms with Gasteiger partial charge in [0, 0.05) is 38.5 Å². The molecule has 154 valence electrons. The smallest absolute Gasteiger partial charge is 0.287 e. The van der Waals surface area contributed by atoms with Gasteiger partial charge in [0.2, 0.25) is 0 Å². The first-order valence-electron chi connectivity index (χ1n) is 9.61. The molecule has 0 spiro atoms. The first kappa shape index (κ1) is 22.2. The molecule has 0 radical (unpaired) electrons. The molecule has 0 saturated carbocycles. The molecule has 0 aliphatic rings. The van der Waals surface area contributed by atoms with Crippen LogP contribution in [0.3, 0.4) is 0 Å². The zero-order valence-corrected chi connectivity index (χ0v) is 18.1. The van der Waals surface area contributed by atoms with E-state index >= 15 is 0 Å². The monoisotopic (exact) mass is 406 g/mol. The Morgan fingerprint density at radius 3 is 2.68 bits per heavy atom. The summed E-state index contributed by atoms with van der Waals surface area (Å²) in [6, 6.07) is 5.57. The van der Waals surface area contributed by atoms with E-state index in [0.29, 0.717) is 36.3 Å². The van der Waals surface area contributed by atoms with Gasteiger partial charge in [-0.2, -0.15) is 0 Å². The molecule has 2 heterocycles. The van der Waals surface area contributed by atoms with Crippen LogP contribution >= 0.6 is 11.8 Å². The standard InChI is InChI=1S/C20H30N4O3S/c1-6-24(7-2)18-12-16(14(3)4)22-20(23-18)28-13-15-8-9-17(27-15)19(25)21-10-11-26-5/h8-9,12,14H,6-7,10-11,13H2,1-5H3,(H,21,25). The maximum absolute atomic E-state index is 12.0. The van der Waals surface area contributed by atoms with E-state index < -0.39 is 0 Å². The number of nitrogens with one attached hydrogen (secondary N) is 1. The predicted octanol–water partition coefficient (Wildman–Crippen LogP) is 3.71. The van der Waals surface area contributed by atoms with E-state index in [1.54, 1.807) is 13.2 Å². The Morgan fingerprint density at radius 2 is 2.04 bits per heavy atom. The van der Waals surface area contributed by atoms with Gasteiger partial charge in [0.25, 0.3) is 5.91 Å². The average Bonchev–Trinajstić information content (AvgIpc) is 3.16. The summed E-state index contributed by atoms with van der Waals surface area (Å²) < 4.78 is 10.6. The van der Waals surface area contributed by atoms with Crippen molar-refractivity contribution in [1.29, 1.82) is 0 Å². The third kappa shape index (κ3) is 6.24.